The van der Waals surface area contributed by atoms with Crippen LogP contribution in [0.3, 0.4) is 0 Å². The maximum Gasteiger partial charge on any atom is 0.303 e. The third kappa shape index (κ3) is 4.80. The van der Waals surface area contributed by atoms with Gasteiger partial charge in [0.1, 0.15) is 12.4 Å². The minimum absolute atomic E-state index is 0.0285. The van der Waals surface area contributed by atoms with Crippen molar-refractivity contribution in [1.82, 2.24) is 9.88 Å². The number of carbonyl (C=O) groups is 2. The highest BCUT2D eigenvalue weighted by Crippen LogP contribution is 2.29. The lowest BCUT2D eigenvalue weighted by molar-refractivity contribution is -0.144. The Morgan fingerprint density at radius 2 is 1.92 bits per heavy atom. The molecule has 2 aromatic rings. The molecule has 0 saturated carbocycles. The molecule has 1 aromatic heterocycles. The molecule has 1 aromatic carbocycles. The van der Waals surface area contributed by atoms with Gasteiger partial charge in [0.2, 0.25) is 0 Å². The van der Waals surface area contributed by atoms with Crippen LogP contribution in [0.15, 0.2) is 42.6 Å². The van der Waals surface area contributed by atoms with E-state index in [0.717, 1.165) is 5.56 Å². The summed E-state index contributed by atoms with van der Waals surface area (Å²) in [5, 5.41) is 9.04. The molecule has 0 fully saturated rings. The Balaban J connectivity index is 2.48. The summed E-state index contributed by atoms with van der Waals surface area (Å²) in [6.07, 6.45) is 0.665. The van der Waals surface area contributed by atoms with Gasteiger partial charge in [0.25, 0.3) is 5.91 Å². The standard InChI is InChI=1S/C19H22N2O5/c1-13(23)26-18(14-7-5-4-6-8-14)16-11-17(25-10-9-22)15(12-20-16)19(24)21(2)3/h4-8,11-12,18,22H,9-10H2,1-3H3/t18-/m0/s1. The summed E-state index contributed by atoms with van der Waals surface area (Å²) in [7, 11) is 3.25. The first-order chi connectivity index (χ1) is 12.4. The largest absolute Gasteiger partial charge is 0.490 e. The molecular formula is C19H22N2O5. The van der Waals surface area contributed by atoms with Gasteiger partial charge in [0.15, 0.2) is 6.10 Å². The monoisotopic (exact) mass is 358 g/mol. The van der Waals surface area contributed by atoms with E-state index in [1.807, 2.05) is 30.3 Å². The summed E-state index contributed by atoms with van der Waals surface area (Å²) < 4.78 is 10.9. The minimum atomic E-state index is -0.728. The summed E-state index contributed by atoms with van der Waals surface area (Å²) in [6, 6.07) is 10.7. The fourth-order valence-corrected chi connectivity index (χ4v) is 2.36. The first-order valence-corrected chi connectivity index (χ1v) is 8.11. The first-order valence-electron chi connectivity index (χ1n) is 8.11. The van der Waals surface area contributed by atoms with Crippen LogP contribution >= 0.6 is 0 Å². The van der Waals surface area contributed by atoms with E-state index in [-0.39, 0.29) is 30.4 Å². The van der Waals surface area contributed by atoms with Crippen molar-refractivity contribution in [3.05, 3.63) is 59.4 Å². The SMILES string of the molecule is CC(=O)O[C@@H](c1ccccc1)c1cc(OCCO)c(C(=O)N(C)C)cn1. The average molecular weight is 358 g/mol. The van der Waals surface area contributed by atoms with Crippen molar-refractivity contribution in [2.75, 3.05) is 27.3 Å². The van der Waals surface area contributed by atoms with Gasteiger partial charge in [0, 0.05) is 33.3 Å². The lowest BCUT2D eigenvalue weighted by atomic mass is 10.0. The fourth-order valence-electron chi connectivity index (χ4n) is 2.36. The molecule has 1 atom stereocenters. The molecule has 7 nitrogen and oxygen atoms in total. The maximum absolute atomic E-state index is 12.3. The van der Waals surface area contributed by atoms with Crippen LogP contribution in [0.2, 0.25) is 0 Å². The van der Waals surface area contributed by atoms with E-state index in [9.17, 15) is 9.59 Å². The van der Waals surface area contributed by atoms with Crippen molar-refractivity contribution in [2.45, 2.75) is 13.0 Å². The Kier molecular flexibility index (Phi) is 6.68. The van der Waals surface area contributed by atoms with Gasteiger partial charge in [-0.2, -0.15) is 0 Å². The molecule has 138 valence electrons. The number of aliphatic hydroxyl groups is 1. The van der Waals surface area contributed by atoms with Crippen molar-refractivity contribution >= 4 is 11.9 Å². The van der Waals surface area contributed by atoms with Gasteiger partial charge >= 0.3 is 5.97 Å². The summed E-state index contributed by atoms with van der Waals surface area (Å²) in [5.74, 6) is -0.455. The van der Waals surface area contributed by atoms with Crippen LogP contribution in [0.25, 0.3) is 0 Å². The van der Waals surface area contributed by atoms with E-state index in [0.29, 0.717) is 5.69 Å². The van der Waals surface area contributed by atoms with E-state index < -0.39 is 12.1 Å². The van der Waals surface area contributed by atoms with E-state index in [1.165, 1.54) is 18.0 Å². The number of hydrogen-bond donors (Lipinski definition) is 1. The highest BCUT2D eigenvalue weighted by Gasteiger charge is 2.23. The van der Waals surface area contributed by atoms with Crippen LogP contribution in [0.4, 0.5) is 0 Å². The molecule has 1 amide bonds. The zero-order valence-electron chi connectivity index (χ0n) is 15.0. The molecular weight excluding hydrogens is 336 g/mol. The second-order valence-electron chi connectivity index (χ2n) is 5.78. The molecule has 0 aliphatic heterocycles. The third-order valence-corrected chi connectivity index (χ3v) is 3.53. The smallest absolute Gasteiger partial charge is 0.303 e. The van der Waals surface area contributed by atoms with E-state index in [1.54, 1.807) is 20.2 Å². The van der Waals surface area contributed by atoms with Gasteiger partial charge in [-0.1, -0.05) is 30.3 Å². The number of carbonyl (C=O) groups excluding carboxylic acids is 2. The zero-order valence-corrected chi connectivity index (χ0v) is 15.0. The lowest BCUT2D eigenvalue weighted by Gasteiger charge is -2.20. The molecule has 0 aliphatic rings. The molecule has 0 spiro atoms. The number of benzene rings is 1. The second-order valence-corrected chi connectivity index (χ2v) is 5.78. The quantitative estimate of drug-likeness (QED) is 0.760. The number of hydrogen-bond acceptors (Lipinski definition) is 6. The lowest BCUT2D eigenvalue weighted by Crippen LogP contribution is -2.23. The summed E-state index contributed by atoms with van der Waals surface area (Å²) in [6.45, 7) is 1.16. The van der Waals surface area contributed by atoms with E-state index >= 15 is 0 Å². The Morgan fingerprint density at radius 1 is 1.23 bits per heavy atom. The Bertz CT molecular complexity index is 762. The normalized spacial score (nSPS) is 11.5. The highest BCUT2D eigenvalue weighted by molar-refractivity contribution is 5.96. The maximum atomic E-state index is 12.3. The van der Waals surface area contributed by atoms with Crippen LogP contribution in [0.5, 0.6) is 5.75 Å². The highest BCUT2D eigenvalue weighted by atomic mass is 16.5. The molecule has 0 radical (unpaired) electrons. The number of pyridine rings is 1. The first kappa shape index (κ1) is 19.4. The number of nitrogens with zero attached hydrogens (tertiary/aromatic N) is 2. The van der Waals surface area contributed by atoms with Crippen molar-refractivity contribution in [2.24, 2.45) is 0 Å². The number of aromatic nitrogens is 1. The number of rotatable bonds is 7. The Labute approximate surface area is 152 Å². The van der Waals surface area contributed by atoms with Gasteiger partial charge < -0.3 is 19.5 Å². The van der Waals surface area contributed by atoms with Gasteiger partial charge in [-0.15, -0.1) is 0 Å². The van der Waals surface area contributed by atoms with Crippen molar-refractivity contribution in [3.63, 3.8) is 0 Å². The van der Waals surface area contributed by atoms with Crippen LogP contribution in [0, 0.1) is 0 Å². The molecule has 1 N–H and O–H groups in total. The van der Waals surface area contributed by atoms with Crippen LogP contribution in [0.1, 0.15) is 34.6 Å². The van der Waals surface area contributed by atoms with Crippen molar-refractivity contribution < 1.29 is 24.2 Å². The molecule has 26 heavy (non-hydrogen) atoms. The minimum Gasteiger partial charge on any atom is -0.490 e. The second kappa shape index (κ2) is 8.96. The van der Waals surface area contributed by atoms with Crippen LogP contribution < -0.4 is 4.74 Å². The van der Waals surface area contributed by atoms with Gasteiger partial charge in [0.05, 0.1) is 17.9 Å². The summed E-state index contributed by atoms with van der Waals surface area (Å²) >= 11 is 0. The number of amides is 1. The fraction of sp³-hybridized carbons (Fsp3) is 0.316. The topological polar surface area (TPSA) is 89.0 Å². The Morgan fingerprint density at radius 3 is 2.50 bits per heavy atom. The number of aliphatic hydroxyl groups excluding tert-OH is 1. The van der Waals surface area contributed by atoms with Crippen molar-refractivity contribution in [1.29, 1.82) is 0 Å². The summed E-state index contributed by atoms with van der Waals surface area (Å²) in [5.41, 5.74) is 1.44. The van der Waals surface area contributed by atoms with Gasteiger partial charge in [-0.25, -0.2) is 0 Å². The summed E-state index contributed by atoms with van der Waals surface area (Å²) in [4.78, 5) is 29.6. The van der Waals surface area contributed by atoms with Gasteiger partial charge in [-0.05, 0) is 5.56 Å². The zero-order chi connectivity index (χ0) is 19.1. The van der Waals surface area contributed by atoms with E-state index in [2.05, 4.69) is 4.98 Å². The molecule has 0 saturated heterocycles. The van der Waals surface area contributed by atoms with Gasteiger partial charge in [-0.3, -0.25) is 14.6 Å². The van der Waals surface area contributed by atoms with Crippen LogP contribution in [-0.2, 0) is 9.53 Å². The van der Waals surface area contributed by atoms with Crippen molar-refractivity contribution in [3.8, 4) is 5.75 Å². The predicted octanol–water partition coefficient (Wildman–Crippen LogP) is 1.81. The molecule has 0 aliphatic carbocycles. The number of esters is 1. The molecule has 1 heterocycles. The molecule has 7 heteroatoms. The van der Waals surface area contributed by atoms with Crippen LogP contribution in [-0.4, -0.2) is 54.2 Å². The molecule has 0 unspecified atom stereocenters. The average Bonchev–Trinajstić information content (AvgIpc) is 2.64. The number of ether oxygens (including phenoxy) is 2. The van der Waals surface area contributed by atoms with E-state index in [4.69, 9.17) is 14.6 Å². The third-order valence-electron chi connectivity index (χ3n) is 3.53. The molecule has 2 rings (SSSR count). The molecule has 0 bridgehead atoms. The Hall–Kier alpha value is -2.93. The predicted molar refractivity (Wildman–Crippen MR) is 94.9 cm³/mol.